The van der Waals surface area contributed by atoms with Gasteiger partial charge in [-0.3, -0.25) is 0 Å². The Labute approximate surface area is 137 Å². The minimum Gasteiger partial charge on any atom is -0.207 e. The lowest BCUT2D eigenvalue weighted by Crippen LogP contribution is -2.32. The van der Waals surface area contributed by atoms with E-state index in [0.717, 1.165) is 41.3 Å². The first-order valence-corrected chi connectivity index (χ1v) is 10.0. The summed E-state index contributed by atoms with van der Waals surface area (Å²) in [6.45, 7) is 8.77. The van der Waals surface area contributed by atoms with Gasteiger partial charge in [-0.25, -0.2) is 8.42 Å². The first kappa shape index (κ1) is 18.7. The van der Waals surface area contributed by atoms with Crippen LogP contribution in [-0.4, -0.2) is 31.1 Å². The summed E-state index contributed by atoms with van der Waals surface area (Å²) < 4.78 is 27.4. The highest BCUT2D eigenvalue weighted by Crippen LogP contribution is 2.25. The highest BCUT2D eigenvalue weighted by atomic mass is 79.9. The molecule has 3 nitrogen and oxygen atoms in total. The molecule has 0 fully saturated rings. The minimum atomic E-state index is -3.39. The van der Waals surface area contributed by atoms with Gasteiger partial charge in [0.05, 0.1) is 4.90 Å². The minimum absolute atomic E-state index is 0.482. The smallest absolute Gasteiger partial charge is 0.207 e. The highest BCUT2D eigenvalue weighted by Gasteiger charge is 2.26. The molecule has 1 aromatic carbocycles. The van der Waals surface area contributed by atoms with Gasteiger partial charge in [0.2, 0.25) is 10.0 Å². The lowest BCUT2D eigenvalue weighted by atomic mass is 10.1. The Morgan fingerprint density at radius 2 is 1.62 bits per heavy atom. The van der Waals surface area contributed by atoms with Gasteiger partial charge in [-0.2, -0.15) is 4.31 Å². The Balaban J connectivity index is 3.02. The van der Waals surface area contributed by atoms with Crippen molar-refractivity contribution < 1.29 is 8.42 Å². The summed E-state index contributed by atoms with van der Waals surface area (Å²) in [5, 5.41) is 0.974. The average molecular weight is 376 g/mol. The molecule has 0 heterocycles. The third kappa shape index (κ3) is 4.80. The third-order valence-electron chi connectivity index (χ3n) is 3.60. The van der Waals surface area contributed by atoms with Crippen molar-refractivity contribution in [3.05, 3.63) is 28.8 Å². The molecule has 0 atom stereocenters. The number of alkyl halides is 1. The molecular formula is C16H26BrNO2S. The Hall–Kier alpha value is -0.390. The molecule has 0 bridgehead atoms. The van der Waals surface area contributed by atoms with Crippen LogP contribution in [0.1, 0.15) is 42.9 Å². The van der Waals surface area contributed by atoms with E-state index < -0.39 is 10.0 Å². The van der Waals surface area contributed by atoms with Crippen LogP contribution in [0.25, 0.3) is 0 Å². The van der Waals surface area contributed by atoms with Gasteiger partial charge in [0, 0.05) is 18.4 Å². The standard InChI is InChI=1S/C16H26BrNO2S/c1-5-18(10-8-6-7-9-17)21(19,20)16-14(3)11-13(2)12-15(16)4/h11-12H,5-10H2,1-4H3. The van der Waals surface area contributed by atoms with Crippen molar-refractivity contribution in [1.82, 2.24) is 4.31 Å². The van der Waals surface area contributed by atoms with Gasteiger partial charge in [0.25, 0.3) is 0 Å². The van der Waals surface area contributed by atoms with Crippen molar-refractivity contribution in [3.63, 3.8) is 0 Å². The summed E-state index contributed by atoms with van der Waals surface area (Å²) in [5.41, 5.74) is 2.78. The zero-order valence-electron chi connectivity index (χ0n) is 13.4. The molecule has 0 aliphatic rings. The zero-order chi connectivity index (χ0) is 16.0. The van der Waals surface area contributed by atoms with Gasteiger partial charge in [-0.15, -0.1) is 0 Å². The summed E-state index contributed by atoms with van der Waals surface area (Å²) in [5.74, 6) is 0. The highest BCUT2D eigenvalue weighted by molar-refractivity contribution is 9.09. The van der Waals surface area contributed by atoms with Crippen LogP contribution in [0.15, 0.2) is 17.0 Å². The zero-order valence-corrected chi connectivity index (χ0v) is 15.8. The molecule has 5 heteroatoms. The number of unbranched alkanes of at least 4 members (excludes halogenated alkanes) is 2. The first-order chi connectivity index (χ1) is 9.84. The number of aryl methyl sites for hydroxylation is 3. The maximum Gasteiger partial charge on any atom is 0.243 e. The Morgan fingerprint density at radius 3 is 2.10 bits per heavy atom. The molecule has 0 unspecified atom stereocenters. The fourth-order valence-electron chi connectivity index (χ4n) is 2.71. The van der Waals surface area contributed by atoms with E-state index in [0.29, 0.717) is 18.0 Å². The van der Waals surface area contributed by atoms with E-state index in [-0.39, 0.29) is 0 Å². The molecule has 0 N–H and O–H groups in total. The summed E-state index contributed by atoms with van der Waals surface area (Å²) in [7, 11) is -3.39. The second kappa shape index (κ2) is 8.30. The van der Waals surface area contributed by atoms with Crippen molar-refractivity contribution >= 4 is 26.0 Å². The fraction of sp³-hybridized carbons (Fsp3) is 0.625. The molecule has 0 saturated carbocycles. The summed E-state index contributed by atoms with van der Waals surface area (Å²) in [4.78, 5) is 0.482. The van der Waals surface area contributed by atoms with Crippen molar-refractivity contribution in [3.8, 4) is 0 Å². The van der Waals surface area contributed by atoms with Crippen LogP contribution in [0.2, 0.25) is 0 Å². The van der Waals surface area contributed by atoms with Crippen LogP contribution in [0.3, 0.4) is 0 Å². The molecular weight excluding hydrogens is 350 g/mol. The molecule has 0 aromatic heterocycles. The van der Waals surface area contributed by atoms with E-state index in [9.17, 15) is 8.42 Å². The molecule has 0 aliphatic carbocycles. The van der Waals surface area contributed by atoms with Gasteiger partial charge < -0.3 is 0 Å². The van der Waals surface area contributed by atoms with Crippen LogP contribution in [0.5, 0.6) is 0 Å². The quantitative estimate of drug-likeness (QED) is 0.504. The van der Waals surface area contributed by atoms with Crippen LogP contribution in [0, 0.1) is 20.8 Å². The van der Waals surface area contributed by atoms with Crippen molar-refractivity contribution in [1.29, 1.82) is 0 Å². The molecule has 0 saturated heterocycles. The van der Waals surface area contributed by atoms with E-state index in [4.69, 9.17) is 0 Å². The van der Waals surface area contributed by atoms with E-state index in [2.05, 4.69) is 15.9 Å². The van der Waals surface area contributed by atoms with Crippen LogP contribution >= 0.6 is 15.9 Å². The Morgan fingerprint density at radius 1 is 1.05 bits per heavy atom. The number of nitrogens with zero attached hydrogens (tertiary/aromatic N) is 1. The SMILES string of the molecule is CCN(CCCCCBr)S(=O)(=O)c1c(C)cc(C)cc1C. The van der Waals surface area contributed by atoms with Gasteiger partial charge in [0.1, 0.15) is 0 Å². The predicted octanol–water partition coefficient (Wildman–Crippen LogP) is 4.19. The van der Waals surface area contributed by atoms with Crippen molar-refractivity contribution in [2.24, 2.45) is 0 Å². The molecule has 21 heavy (non-hydrogen) atoms. The third-order valence-corrected chi connectivity index (χ3v) is 6.44. The number of hydrogen-bond donors (Lipinski definition) is 0. The molecule has 120 valence electrons. The normalized spacial score (nSPS) is 12.1. The number of halogens is 1. The summed E-state index contributed by atoms with van der Waals surface area (Å²) >= 11 is 3.40. The summed E-state index contributed by atoms with van der Waals surface area (Å²) in [6, 6.07) is 3.89. The monoisotopic (exact) mass is 375 g/mol. The van der Waals surface area contributed by atoms with Gasteiger partial charge >= 0.3 is 0 Å². The number of rotatable bonds is 8. The Kier molecular flexibility index (Phi) is 7.37. The van der Waals surface area contributed by atoms with Crippen LogP contribution < -0.4 is 0 Å². The van der Waals surface area contributed by atoms with Crippen molar-refractivity contribution in [2.75, 3.05) is 18.4 Å². The molecule has 0 spiro atoms. The van der Waals surface area contributed by atoms with E-state index in [1.807, 2.05) is 39.8 Å². The molecule has 1 rings (SSSR count). The second-order valence-corrected chi connectivity index (χ2v) is 8.14. The molecule has 1 aromatic rings. The maximum absolute atomic E-state index is 12.9. The summed E-state index contributed by atoms with van der Waals surface area (Å²) in [6.07, 6.45) is 3.03. The van der Waals surface area contributed by atoms with E-state index in [1.165, 1.54) is 0 Å². The van der Waals surface area contributed by atoms with Crippen molar-refractivity contribution in [2.45, 2.75) is 51.9 Å². The van der Waals surface area contributed by atoms with Gasteiger partial charge in [-0.05, 0) is 44.7 Å². The number of hydrogen-bond acceptors (Lipinski definition) is 2. The molecule has 0 radical (unpaired) electrons. The van der Waals surface area contributed by atoms with Gasteiger partial charge in [-0.1, -0.05) is 47.0 Å². The van der Waals surface area contributed by atoms with E-state index >= 15 is 0 Å². The lowest BCUT2D eigenvalue weighted by Gasteiger charge is -2.23. The molecule has 0 amide bonds. The average Bonchev–Trinajstić information content (AvgIpc) is 2.36. The maximum atomic E-state index is 12.9. The number of sulfonamides is 1. The fourth-order valence-corrected chi connectivity index (χ4v) is 5.01. The number of benzene rings is 1. The lowest BCUT2D eigenvalue weighted by molar-refractivity contribution is 0.414. The topological polar surface area (TPSA) is 37.4 Å². The van der Waals surface area contributed by atoms with Crippen LogP contribution in [-0.2, 0) is 10.0 Å². The van der Waals surface area contributed by atoms with E-state index in [1.54, 1.807) is 4.31 Å². The Bertz CT molecular complexity index is 547. The van der Waals surface area contributed by atoms with Crippen LogP contribution in [0.4, 0.5) is 0 Å². The largest absolute Gasteiger partial charge is 0.243 e. The van der Waals surface area contributed by atoms with Gasteiger partial charge in [0.15, 0.2) is 0 Å². The predicted molar refractivity (Wildman–Crippen MR) is 92.7 cm³/mol. The first-order valence-electron chi connectivity index (χ1n) is 7.48. The second-order valence-electron chi connectivity index (χ2n) is 5.47. The molecule has 0 aliphatic heterocycles.